The fourth-order valence-corrected chi connectivity index (χ4v) is 10.1. The molecule has 7 N–H and O–H groups in total. The van der Waals surface area contributed by atoms with Gasteiger partial charge in [0, 0.05) is 30.7 Å². The van der Waals surface area contributed by atoms with Crippen LogP contribution in [0.25, 0.3) is 0 Å². The molecule has 0 bridgehead atoms. The Bertz CT molecular complexity index is 2440. The number of carbonyl (C=O) groups excluding carboxylic acids is 5. The van der Waals surface area contributed by atoms with E-state index in [1.807, 2.05) is 0 Å². The molecule has 3 aromatic carbocycles. The summed E-state index contributed by atoms with van der Waals surface area (Å²) >= 11 is 0. The number of rotatable bonds is 17. The minimum absolute atomic E-state index is 0.00892. The summed E-state index contributed by atoms with van der Waals surface area (Å²) in [5.41, 5.74) is 9.68. The van der Waals surface area contributed by atoms with Crippen molar-refractivity contribution >= 4 is 39.6 Å². The highest BCUT2D eigenvalue weighted by atomic mass is 32.2. The molecule has 3 aromatic rings. The molecule has 358 valence electrons. The number of unbranched alkanes of at least 4 members (excludes halogenated alkanes) is 1. The molecule has 5 amide bonds. The zero-order valence-electron chi connectivity index (χ0n) is 37.6. The summed E-state index contributed by atoms with van der Waals surface area (Å²) in [4.78, 5) is 67.6. The van der Waals surface area contributed by atoms with Crippen molar-refractivity contribution in [3.05, 3.63) is 111 Å². The van der Waals surface area contributed by atoms with Gasteiger partial charge in [-0.1, -0.05) is 55.8 Å². The van der Waals surface area contributed by atoms with Gasteiger partial charge in [-0.3, -0.25) is 19.2 Å². The van der Waals surface area contributed by atoms with Gasteiger partial charge in [0.1, 0.15) is 17.3 Å². The van der Waals surface area contributed by atoms with E-state index in [4.69, 9.17) is 11.5 Å². The molecule has 4 atom stereocenters. The number of aryl methyl sites for hydroxylation is 1. The predicted molar refractivity (Wildman–Crippen MR) is 235 cm³/mol. The van der Waals surface area contributed by atoms with Crippen molar-refractivity contribution < 1.29 is 55.8 Å². The third-order valence-electron chi connectivity index (χ3n) is 11.8. The van der Waals surface area contributed by atoms with Crippen molar-refractivity contribution in [2.45, 2.75) is 121 Å². The summed E-state index contributed by atoms with van der Waals surface area (Å²) in [7, 11) is -4.62. The van der Waals surface area contributed by atoms with Crippen molar-refractivity contribution in [1.29, 1.82) is 0 Å². The smallest absolute Gasteiger partial charge is 0.416 e. The van der Waals surface area contributed by atoms with Crippen LogP contribution in [0.4, 0.5) is 18.0 Å². The van der Waals surface area contributed by atoms with Gasteiger partial charge in [0.25, 0.3) is 17.7 Å². The highest BCUT2D eigenvalue weighted by molar-refractivity contribution is 7.95. The number of fused-ring (bicyclic) bond motifs is 1. The monoisotopic (exact) mass is 940 g/mol. The first-order valence-electron chi connectivity index (χ1n) is 21.4. The maximum atomic E-state index is 15.0. The number of hydrogen-bond donors (Lipinski definition) is 5. The van der Waals surface area contributed by atoms with Crippen LogP contribution in [0.3, 0.4) is 0 Å². The second-order valence-corrected chi connectivity index (χ2v) is 20.1. The quantitative estimate of drug-likeness (QED) is 0.123. The first-order valence-corrected chi connectivity index (χ1v) is 22.9. The van der Waals surface area contributed by atoms with Crippen molar-refractivity contribution in [1.82, 2.24) is 25.6 Å². The van der Waals surface area contributed by atoms with Crippen LogP contribution in [0.2, 0.25) is 0 Å². The van der Waals surface area contributed by atoms with E-state index in [2.05, 4.69) is 10.6 Å². The number of primary amides is 1. The molecule has 16 nitrogen and oxygen atoms in total. The number of halogens is 3. The van der Waals surface area contributed by atoms with E-state index in [0.29, 0.717) is 5.56 Å². The van der Waals surface area contributed by atoms with E-state index in [0.717, 1.165) is 27.6 Å². The molecular formula is C46H57F3N7O9S-. The first-order chi connectivity index (χ1) is 30.7. The van der Waals surface area contributed by atoms with Gasteiger partial charge in [-0.15, -0.1) is 0 Å². The van der Waals surface area contributed by atoms with Gasteiger partial charge >= 0.3 is 6.18 Å². The Labute approximate surface area is 382 Å². The van der Waals surface area contributed by atoms with Crippen molar-refractivity contribution in [3.63, 3.8) is 0 Å². The molecule has 1 saturated heterocycles. The number of aliphatic hydroxyl groups is 1. The lowest BCUT2D eigenvalue weighted by molar-refractivity contribution is -0.270. The average Bonchev–Trinajstić information content (AvgIpc) is 3.60. The van der Waals surface area contributed by atoms with E-state index in [9.17, 15) is 51.0 Å². The molecule has 20 heteroatoms. The minimum Gasteiger partial charge on any atom is -0.530 e. The third-order valence-corrected chi connectivity index (χ3v) is 13.7. The molecule has 0 radical (unpaired) electrons. The van der Waals surface area contributed by atoms with Crippen molar-refractivity contribution in [3.8, 4) is 0 Å². The number of sulfone groups is 1. The molecule has 1 fully saturated rings. The lowest BCUT2D eigenvalue weighted by Crippen LogP contribution is -2.67. The van der Waals surface area contributed by atoms with Crippen LogP contribution in [0.1, 0.15) is 92.9 Å². The Morgan fingerprint density at radius 1 is 0.955 bits per heavy atom. The number of carbonyl (C=O) groups is 5. The Balaban J connectivity index is 1.56. The van der Waals surface area contributed by atoms with E-state index in [-0.39, 0.29) is 67.8 Å². The van der Waals surface area contributed by atoms with E-state index in [1.54, 1.807) is 53.7 Å². The zero-order valence-corrected chi connectivity index (χ0v) is 38.5. The molecule has 2 aliphatic heterocycles. The Hall–Kier alpha value is -5.83. The van der Waals surface area contributed by atoms with Crippen molar-refractivity contribution in [2.24, 2.45) is 17.4 Å². The number of hydrogen-bond acceptors (Lipinski definition) is 11. The van der Waals surface area contributed by atoms with Gasteiger partial charge < -0.3 is 42.0 Å². The molecule has 66 heavy (non-hydrogen) atoms. The molecule has 2 heterocycles. The van der Waals surface area contributed by atoms with Gasteiger partial charge in [-0.05, 0) is 113 Å². The summed E-state index contributed by atoms with van der Waals surface area (Å²) in [6, 6.07) is 13.3. The SMILES string of the molecule is Cc1ccc(S(=O)(=O)C2=C(C(=O)N[C@@H](CCCCN(C(=O)[O-])C(C)(C)C)C(O)C(=O)NCc3ccc(C(N)=O)cc3)N3C(=O)C(N)(Cc4ccc(C(F)(F)F)cc4)CCN3C2C(C)C)cc1. The van der Waals surface area contributed by atoms with Crippen LogP contribution in [-0.4, -0.2) is 101 Å². The standard InChI is InChI=1S/C46H58F3N7O9S/c1-27(2)35-38(66(64,65)33-20-10-28(3)11-21-33)36(56-42(61)45(51,22-24-55(35)56)25-29-14-18-32(19-15-29)46(47,48)49)40(59)53-34(9-7-8-23-54(43(62)63)44(4,5)6)37(57)41(60)52-26-30-12-16-31(17-13-30)39(50)58/h10-21,27,34-35,37,57H,7-9,22-26,51H2,1-6H3,(H2,50,58)(H,52,60)(H,53,59)(H,62,63)/p-1/t34-,35?,37?,45?/m0/s1. The summed E-state index contributed by atoms with van der Waals surface area (Å²) < 4.78 is 70.0. The number of nitrogens with one attached hydrogen (secondary N) is 2. The lowest BCUT2D eigenvalue weighted by Gasteiger charge is -2.45. The molecule has 0 aliphatic carbocycles. The Kier molecular flexibility index (Phi) is 15.5. The van der Waals surface area contributed by atoms with E-state index >= 15 is 4.79 Å². The maximum Gasteiger partial charge on any atom is 0.416 e. The second kappa shape index (κ2) is 20.0. The fraction of sp³-hybridized carbons (Fsp3) is 0.457. The summed E-state index contributed by atoms with van der Waals surface area (Å²) in [5, 5.41) is 31.2. The number of aliphatic hydroxyl groups excluding tert-OH is 1. The van der Waals surface area contributed by atoms with E-state index < -0.39 is 97.1 Å². The Morgan fingerprint density at radius 2 is 1.55 bits per heavy atom. The minimum atomic E-state index is -4.62. The fourth-order valence-electron chi connectivity index (χ4n) is 8.19. The number of hydrazine groups is 1. The Morgan fingerprint density at radius 3 is 2.08 bits per heavy atom. The number of benzene rings is 3. The average molecular weight is 941 g/mol. The number of nitrogens with zero attached hydrogens (tertiary/aromatic N) is 3. The lowest BCUT2D eigenvalue weighted by atomic mass is 9.85. The van der Waals surface area contributed by atoms with Gasteiger partial charge in [0.2, 0.25) is 15.7 Å². The molecule has 5 rings (SSSR count). The van der Waals surface area contributed by atoms with E-state index in [1.165, 1.54) is 53.5 Å². The number of alkyl halides is 3. The van der Waals surface area contributed by atoms with Crippen LogP contribution in [-0.2, 0) is 43.4 Å². The van der Waals surface area contributed by atoms with Crippen LogP contribution < -0.4 is 27.2 Å². The van der Waals surface area contributed by atoms with Crippen LogP contribution >= 0.6 is 0 Å². The largest absolute Gasteiger partial charge is 0.530 e. The van der Waals surface area contributed by atoms with Gasteiger partial charge in [-0.2, -0.15) is 13.2 Å². The molecule has 0 spiro atoms. The van der Waals surface area contributed by atoms with Gasteiger partial charge in [-0.25, -0.2) is 18.4 Å². The zero-order chi connectivity index (χ0) is 49.1. The molecular weight excluding hydrogens is 884 g/mol. The number of carboxylic acid groups (broad SMARTS) is 1. The third kappa shape index (κ3) is 11.4. The van der Waals surface area contributed by atoms with Gasteiger partial charge in [0.05, 0.1) is 27.4 Å². The number of amides is 5. The normalized spacial score (nSPS) is 19.1. The summed E-state index contributed by atoms with van der Waals surface area (Å²) in [5.74, 6) is -4.25. The maximum absolute atomic E-state index is 15.0. The number of nitrogens with two attached hydrogens (primary N) is 2. The van der Waals surface area contributed by atoms with Crippen molar-refractivity contribution in [2.75, 3.05) is 13.1 Å². The van der Waals surface area contributed by atoms with Crippen LogP contribution in [0.5, 0.6) is 0 Å². The highest BCUT2D eigenvalue weighted by Crippen LogP contribution is 2.44. The van der Waals surface area contributed by atoms with Gasteiger partial charge in [0.15, 0.2) is 6.10 Å². The van der Waals surface area contributed by atoms with Crippen LogP contribution in [0.15, 0.2) is 88.3 Å². The highest BCUT2D eigenvalue weighted by Gasteiger charge is 2.57. The summed E-state index contributed by atoms with van der Waals surface area (Å²) in [6.07, 6.45) is -8.23. The molecule has 0 aromatic heterocycles. The molecule has 2 aliphatic rings. The molecule has 3 unspecified atom stereocenters. The summed E-state index contributed by atoms with van der Waals surface area (Å²) in [6.45, 7) is 9.99. The predicted octanol–water partition coefficient (Wildman–Crippen LogP) is 3.30. The molecule has 0 saturated carbocycles. The van der Waals surface area contributed by atoms with Crippen LogP contribution in [0, 0.1) is 12.8 Å². The first kappa shape index (κ1) is 51.2. The second-order valence-electron chi connectivity index (χ2n) is 18.2. The topological polar surface area (TPSA) is 249 Å².